The molecule has 0 aliphatic carbocycles. The van der Waals surface area contributed by atoms with Crippen molar-refractivity contribution in [2.45, 2.75) is 25.2 Å². The fourth-order valence-corrected chi connectivity index (χ4v) is 3.12. The second-order valence-electron chi connectivity index (χ2n) is 6.60. The number of nitrogens with one attached hydrogen (secondary N) is 2. The van der Waals surface area contributed by atoms with Crippen molar-refractivity contribution in [3.63, 3.8) is 0 Å². The summed E-state index contributed by atoms with van der Waals surface area (Å²) in [4.78, 5) is 49.2. The molecular weight excluding hydrogens is 429 g/mol. The second kappa shape index (κ2) is 7.48. The Bertz CT molecular complexity index is 1090. The predicted molar refractivity (Wildman–Crippen MR) is 98.0 cm³/mol. The Labute approximate surface area is 172 Å². The molecule has 0 saturated carbocycles. The number of hydrazine groups is 1. The Balaban J connectivity index is 1.81. The van der Waals surface area contributed by atoms with Crippen LogP contribution in [0.2, 0.25) is 5.02 Å². The largest absolute Gasteiger partial charge is 0.417 e. The second-order valence-corrected chi connectivity index (χ2v) is 7.01. The Morgan fingerprint density at radius 3 is 2.43 bits per heavy atom. The smallest absolute Gasteiger partial charge is 0.318 e. The summed E-state index contributed by atoms with van der Waals surface area (Å²) in [5.74, 6) is -1.88. The van der Waals surface area contributed by atoms with Crippen LogP contribution >= 0.6 is 11.6 Å². The van der Waals surface area contributed by atoms with Gasteiger partial charge in [-0.3, -0.25) is 19.8 Å². The van der Waals surface area contributed by atoms with Gasteiger partial charge < -0.3 is 9.88 Å². The first-order valence-corrected chi connectivity index (χ1v) is 8.80. The van der Waals surface area contributed by atoms with Crippen LogP contribution < -0.4 is 16.3 Å². The average molecular weight is 443 g/mol. The van der Waals surface area contributed by atoms with E-state index in [1.54, 1.807) is 30.3 Å². The normalized spacial score (nSPS) is 19.0. The summed E-state index contributed by atoms with van der Waals surface area (Å²) in [6.45, 7) is 0.535. The summed E-state index contributed by atoms with van der Waals surface area (Å²) < 4.78 is 39.2. The number of imide groups is 1. The van der Waals surface area contributed by atoms with Crippen molar-refractivity contribution < 1.29 is 27.6 Å². The number of pyridine rings is 1. The number of aromatic nitrogens is 1. The lowest BCUT2D eigenvalue weighted by Gasteiger charge is -2.22. The third-order valence-electron chi connectivity index (χ3n) is 4.46. The van der Waals surface area contributed by atoms with Crippen LogP contribution in [0.1, 0.15) is 18.1 Å². The maximum atomic E-state index is 12.9. The van der Waals surface area contributed by atoms with E-state index >= 15 is 0 Å². The van der Waals surface area contributed by atoms with Crippen LogP contribution in [0.15, 0.2) is 47.4 Å². The Hall–Kier alpha value is -3.34. The number of hydrogen-bond donors (Lipinski definition) is 2. The number of carbonyl (C=O) groups excluding carboxylic acids is 3. The van der Waals surface area contributed by atoms with Gasteiger partial charge in [0.2, 0.25) is 0 Å². The van der Waals surface area contributed by atoms with Gasteiger partial charge in [-0.15, -0.1) is 0 Å². The maximum Gasteiger partial charge on any atom is 0.417 e. The fourth-order valence-electron chi connectivity index (χ4n) is 2.89. The first-order valence-electron chi connectivity index (χ1n) is 8.42. The van der Waals surface area contributed by atoms with Gasteiger partial charge in [-0.05, 0) is 18.6 Å². The quantitative estimate of drug-likeness (QED) is 0.707. The van der Waals surface area contributed by atoms with Crippen molar-refractivity contribution in [3.8, 4) is 0 Å². The summed E-state index contributed by atoms with van der Waals surface area (Å²) in [6.07, 6.45) is -4.37. The molecular formula is C18H14ClF3N4O4. The highest BCUT2D eigenvalue weighted by atomic mass is 35.5. The number of benzene rings is 1. The summed E-state index contributed by atoms with van der Waals surface area (Å²) in [6, 6.07) is 7.75. The van der Waals surface area contributed by atoms with Gasteiger partial charge in [0.25, 0.3) is 17.4 Å². The minimum absolute atomic E-state index is 0.412. The number of nitrogens with zero attached hydrogens (tertiary/aromatic N) is 2. The highest BCUT2D eigenvalue weighted by Gasteiger charge is 2.50. The standard InChI is InChI=1S/C18H14ClF3N4O4/c1-17(10-5-3-2-4-6-10)15(29)26(16(30)23-17)24-13(27)9-25-8-11(18(20,21)22)7-12(19)14(25)28/h2-8H,9H2,1H3,(H,23,30)(H,24,27)/t17-/m0/s1. The van der Waals surface area contributed by atoms with Gasteiger partial charge in [0.15, 0.2) is 0 Å². The van der Waals surface area contributed by atoms with Crippen molar-refractivity contribution in [1.82, 2.24) is 20.3 Å². The lowest BCUT2D eigenvalue weighted by molar-refractivity contribution is -0.139. The van der Waals surface area contributed by atoms with Gasteiger partial charge >= 0.3 is 12.2 Å². The molecule has 0 radical (unpaired) electrons. The van der Waals surface area contributed by atoms with E-state index in [0.717, 1.165) is 0 Å². The van der Waals surface area contributed by atoms with Gasteiger partial charge in [0.1, 0.15) is 17.1 Å². The van der Waals surface area contributed by atoms with E-state index in [1.807, 2.05) is 5.43 Å². The lowest BCUT2D eigenvalue weighted by Crippen LogP contribution is -2.49. The van der Waals surface area contributed by atoms with Crippen molar-refractivity contribution in [2.75, 3.05) is 0 Å². The van der Waals surface area contributed by atoms with Crippen LogP contribution in [0.5, 0.6) is 0 Å². The van der Waals surface area contributed by atoms with Crippen molar-refractivity contribution in [1.29, 1.82) is 0 Å². The Morgan fingerprint density at radius 2 is 1.83 bits per heavy atom. The number of halogens is 4. The molecule has 30 heavy (non-hydrogen) atoms. The van der Waals surface area contributed by atoms with Gasteiger partial charge in [0.05, 0.1) is 5.56 Å². The third kappa shape index (κ3) is 3.88. The summed E-state index contributed by atoms with van der Waals surface area (Å²) in [5.41, 5.74) is -1.26. The monoisotopic (exact) mass is 442 g/mol. The minimum Gasteiger partial charge on any atom is -0.318 e. The van der Waals surface area contributed by atoms with Crippen LogP contribution in [0.3, 0.4) is 0 Å². The van der Waals surface area contributed by atoms with Crippen molar-refractivity contribution in [3.05, 3.63) is 69.1 Å². The zero-order valence-corrected chi connectivity index (χ0v) is 16.0. The zero-order valence-electron chi connectivity index (χ0n) is 15.3. The summed E-state index contributed by atoms with van der Waals surface area (Å²) >= 11 is 5.54. The van der Waals surface area contributed by atoms with Crippen molar-refractivity contribution >= 4 is 29.4 Å². The third-order valence-corrected chi connectivity index (χ3v) is 4.73. The highest BCUT2D eigenvalue weighted by Crippen LogP contribution is 2.30. The maximum absolute atomic E-state index is 12.9. The molecule has 3 rings (SSSR count). The van der Waals surface area contributed by atoms with E-state index in [9.17, 15) is 32.3 Å². The molecule has 2 N–H and O–H groups in total. The molecule has 8 nitrogen and oxygen atoms in total. The van der Waals surface area contributed by atoms with Gasteiger partial charge in [-0.25, -0.2) is 4.79 Å². The molecule has 1 aliphatic rings. The number of carbonyl (C=O) groups is 3. The Morgan fingerprint density at radius 1 is 1.20 bits per heavy atom. The minimum atomic E-state index is -4.79. The van der Waals surface area contributed by atoms with E-state index in [1.165, 1.54) is 6.92 Å². The molecule has 0 spiro atoms. The number of rotatable bonds is 4. The molecule has 1 atom stereocenters. The van der Waals surface area contributed by atoms with Crippen LogP contribution in [0, 0.1) is 0 Å². The molecule has 1 aliphatic heterocycles. The molecule has 4 amide bonds. The topological polar surface area (TPSA) is 101 Å². The van der Waals surface area contributed by atoms with E-state index in [2.05, 4.69) is 5.32 Å². The van der Waals surface area contributed by atoms with Crippen LogP contribution in [-0.2, 0) is 27.8 Å². The molecule has 1 fully saturated rings. The highest BCUT2D eigenvalue weighted by molar-refractivity contribution is 6.30. The molecule has 1 aromatic carbocycles. The number of alkyl halides is 3. The summed E-state index contributed by atoms with van der Waals surface area (Å²) in [5, 5.41) is 2.13. The average Bonchev–Trinajstić information content (AvgIpc) is 2.89. The lowest BCUT2D eigenvalue weighted by atomic mass is 9.92. The first-order chi connectivity index (χ1) is 13.9. The molecule has 0 unspecified atom stereocenters. The molecule has 2 heterocycles. The van der Waals surface area contributed by atoms with Crippen LogP contribution in [-0.4, -0.2) is 27.4 Å². The number of hydrogen-bond acceptors (Lipinski definition) is 4. The van der Waals surface area contributed by atoms with Gasteiger partial charge in [-0.2, -0.15) is 18.2 Å². The fraction of sp³-hybridized carbons (Fsp3) is 0.222. The number of urea groups is 1. The van der Waals surface area contributed by atoms with E-state index in [0.29, 0.717) is 27.4 Å². The van der Waals surface area contributed by atoms with Gasteiger partial charge in [-0.1, -0.05) is 41.9 Å². The van der Waals surface area contributed by atoms with E-state index in [-0.39, 0.29) is 0 Å². The molecule has 1 saturated heterocycles. The Kier molecular flexibility index (Phi) is 5.33. The van der Waals surface area contributed by atoms with Crippen LogP contribution in [0.4, 0.5) is 18.0 Å². The first kappa shape index (κ1) is 21.4. The zero-order chi connectivity index (χ0) is 22.3. The molecule has 2 aromatic rings. The number of amides is 4. The molecule has 158 valence electrons. The van der Waals surface area contributed by atoms with Crippen molar-refractivity contribution in [2.24, 2.45) is 0 Å². The SMILES string of the molecule is C[C@@]1(c2ccccc2)NC(=O)N(NC(=O)Cn2cc(C(F)(F)F)cc(Cl)c2=O)C1=O. The predicted octanol–water partition coefficient (Wildman–Crippen LogP) is 2.02. The summed E-state index contributed by atoms with van der Waals surface area (Å²) in [7, 11) is 0. The van der Waals surface area contributed by atoms with E-state index in [4.69, 9.17) is 11.6 Å². The molecule has 1 aromatic heterocycles. The van der Waals surface area contributed by atoms with Crippen LogP contribution in [0.25, 0.3) is 0 Å². The van der Waals surface area contributed by atoms with Gasteiger partial charge in [0, 0.05) is 6.20 Å². The molecule has 0 bridgehead atoms. The molecule has 12 heteroatoms. The van der Waals surface area contributed by atoms with E-state index < -0.39 is 52.3 Å².